The molecule has 0 bridgehead atoms. The van der Waals surface area contributed by atoms with Crippen molar-refractivity contribution in [2.75, 3.05) is 25.1 Å². The number of hydrogen-bond donors (Lipinski definition) is 0. The topological polar surface area (TPSA) is 99.0 Å². The molecule has 5 rings (SSSR count). The number of piperidine rings is 1. The Labute approximate surface area is 241 Å². The smallest absolute Gasteiger partial charge is 0.430 e. The van der Waals surface area contributed by atoms with Crippen LogP contribution in [0, 0.1) is 0 Å². The van der Waals surface area contributed by atoms with Crippen LogP contribution >= 0.6 is 0 Å². The van der Waals surface area contributed by atoms with Crippen molar-refractivity contribution in [2.45, 2.75) is 64.1 Å². The molecule has 0 spiro atoms. The standard InChI is InChI=1S/C29H32F3N5O5/c1-28(2,3)42-26(38)35-14-10-19(11-15-35)37-16-12-22(34-37)21-9-13-33-25-23(21)24(29(30,31)32)41-27(39)36(25)17-18-5-7-20(40-4)8-6-18/h5-9,12-13,16,19,24H,10-11,14-15,17H2,1-4H3/t24-/m1/s1. The number of ether oxygens (including phenoxy) is 3. The van der Waals surface area contributed by atoms with Gasteiger partial charge in [0.1, 0.15) is 17.2 Å². The maximum Gasteiger partial charge on any atom is 0.430 e. The summed E-state index contributed by atoms with van der Waals surface area (Å²) in [5.74, 6) is 0.464. The number of carbonyl (C=O) groups excluding carboxylic acids is 2. The molecule has 1 atom stereocenters. The molecule has 42 heavy (non-hydrogen) atoms. The molecule has 2 aliphatic rings. The van der Waals surface area contributed by atoms with Crippen LogP contribution in [0.2, 0.25) is 0 Å². The number of alkyl halides is 3. The zero-order chi connectivity index (χ0) is 30.2. The van der Waals surface area contributed by atoms with Crippen molar-refractivity contribution in [3.8, 4) is 17.0 Å². The maximum atomic E-state index is 14.2. The number of carbonyl (C=O) groups is 2. The molecular formula is C29H32F3N5O5. The molecule has 1 fully saturated rings. The predicted molar refractivity (Wildman–Crippen MR) is 146 cm³/mol. The molecule has 0 unspecified atom stereocenters. The van der Waals surface area contributed by atoms with Crippen LogP contribution in [0.3, 0.4) is 0 Å². The Hall–Kier alpha value is -4.29. The Kier molecular flexibility index (Phi) is 7.78. The van der Waals surface area contributed by atoms with Crippen LogP contribution in [0.4, 0.5) is 28.6 Å². The molecule has 13 heteroatoms. The minimum atomic E-state index is -4.87. The Bertz CT molecular complexity index is 1440. The van der Waals surface area contributed by atoms with Gasteiger partial charge in [0.15, 0.2) is 0 Å². The lowest BCUT2D eigenvalue weighted by atomic mass is 9.98. The number of anilines is 1. The van der Waals surface area contributed by atoms with Crippen LogP contribution in [0.1, 0.15) is 56.9 Å². The summed E-state index contributed by atoms with van der Waals surface area (Å²) in [4.78, 5) is 32.2. The molecule has 4 heterocycles. The summed E-state index contributed by atoms with van der Waals surface area (Å²) >= 11 is 0. The van der Waals surface area contributed by atoms with E-state index < -0.39 is 24.0 Å². The molecule has 2 amide bonds. The Morgan fingerprint density at radius 2 is 1.76 bits per heavy atom. The molecule has 0 aliphatic carbocycles. The van der Waals surface area contributed by atoms with E-state index in [9.17, 15) is 22.8 Å². The highest BCUT2D eigenvalue weighted by Gasteiger charge is 2.51. The number of rotatable bonds is 5. The monoisotopic (exact) mass is 587 g/mol. The number of halogens is 3. The molecule has 3 aromatic rings. The van der Waals surface area contributed by atoms with E-state index in [4.69, 9.17) is 14.2 Å². The van der Waals surface area contributed by atoms with E-state index in [1.807, 2.05) is 20.8 Å². The SMILES string of the molecule is COc1ccc(CN2C(=O)O[C@@H](C(F)(F)F)c3c(-c4ccn(C5CCN(C(=O)OC(C)(C)C)CC5)n4)ccnc32)cc1. The maximum absolute atomic E-state index is 14.2. The number of methoxy groups -OCH3 is 1. The second-order valence-electron chi connectivity index (χ2n) is 11.2. The van der Waals surface area contributed by atoms with Crippen molar-refractivity contribution < 1.29 is 37.0 Å². The summed E-state index contributed by atoms with van der Waals surface area (Å²) in [6.07, 6.45) is -4.61. The lowest BCUT2D eigenvalue weighted by Gasteiger charge is -2.34. The van der Waals surface area contributed by atoms with Crippen LogP contribution in [-0.4, -0.2) is 63.8 Å². The van der Waals surface area contributed by atoms with Gasteiger partial charge in [0.25, 0.3) is 0 Å². The van der Waals surface area contributed by atoms with E-state index in [0.29, 0.717) is 42.9 Å². The summed E-state index contributed by atoms with van der Waals surface area (Å²) in [6, 6.07) is 9.82. The third-order valence-corrected chi connectivity index (χ3v) is 7.10. The lowest BCUT2D eigenvalue weighted by Crippen LogP contribution is -2.42. The van der Waals surface area contributed by atoms with Gasteiger partial charge in [-0.2, -0.15) is 18.3 Å². The highest BCUT2D eigenvalue weighted by atomic mass is 19.4. The molecule has 2 aliphatic heterocycles. The Balaban J connectivity index is 1.42. The summed E-state index contributed by atoms with van der Waals surface area (Å²) < 4.78 is 60.0. The second kappa shape index (κ2) is 11.2. The average molecular weight is 588 g/mol. The molecule has 0 radical (unpaired) electrons. The minimum absolute atomic E-state index is 0.0540. The minimum Gasteiger partial charge on any atom is -0.497 e. The van der Waals surface area contributed by atoms with Gasteiger partial charge in [0.2, 0.25) is 6.10 Å². The van der Waals surface area contributed by atoms with Gasteiger partial charge in [-0.25, -0.2) is 14.6 Å². The number of cyclic esters (lactones) is 1. The normalized spacial score (nSPS) is 18.0. The number of nitrogens with zero attached hydrogens (tertiary/aromatic N) is 5. The van der Waals surface area contributed by atoms with Gasteiger partial charge in [0.05, 0.1) is 31.0 Å². The fraction of sp³-hybridized carbons (Fsp3) is 0.448. The molecule has 0 N–H and O–H groups in total. The van der Waals surface area contributed by atoms with Gasteiger partial charge in [-0.3, -0.25) is 9.58 Å². The first-order valence-electron chi connectivity index (χ1n) is 13.5. The fourth-order valence-corrected chi connectivity index (χ4v) is 5.08. The third kappa shape index (κ3) is 6.14. The van der Waals surface area contributed by atoms with Gasteiger partial charge in [0, 0.05) is 31.0 Å². The molecule has 1 aromatic carbocycles. The summed E-state index contributed by atoms with van der Waals surface area (Å²) in [7, 11) is 1.52. The largest absolute Gasteiger partial charge is 0.497 e. The van der Waals surface area contributed by atoms with Gasteiger partial charge < -0.3 is 19.1 Å². The first kappa shape index (κ1) is 29.2. The number of aromatic nitrogens is 3. The van der Waals surface area contributed by atoms with E-state index in [-0.39, 0.29) is 35.6 Å². The predicted octanol–water partition coefficient (Wildman–Crippen LogP) is 6.29. The van der Waals surface area contributed by atoms with Crippen LogP contribution in [-0.2, 0) is 16.0 Å². The van der Waals surface area contributed by atoms with Crippen molar-refractivity contribution in [1.29, 1.82) is 0 Å². The van der Waals surface area contributed by atoms with E-state index in [2.05, 4.69) is 10.1 Å². The third-order valence-electron chi connectivity index (χ3n) is 7.10. The van der Waals surface area contributed by atoms with Crippen LogP contribution in [0.15, 0.2) is 48.8 Å². The molecule has 10 nitrogen and oxygen atoms in total. The zero-order valence-electron chi connectivity index (χ0n) is 23.7. The number of amides is 2. The van der Waals surface area contributed by atoms with Gasteiger partial charge >= 0.3 is 18.4 Å². The number of pyridine rings is 1. The molecule has 1 saturated heterocycles. The van der Waals surface area contributed by atoms with Crippen molar-refractivity contribution in [3.05, 3.63) is 59.9 Å². The van der Waals surface area contributed by atoms with E-state index in [1.165, 1.54) is 19.4 Å². The average Bonchev–Trinajstić information content (AvgIpc) is 3.43. The highest BCUT2D eigenvalue weighted by Crippen LogP contribution is 2.47. The van der Waals surface area contributed by atoms with E-state index in [1.54, 1.807) is 46.1 Å². The molecule has 224 valence electrons. The van der Waals surface area contributed by atoms with Crippen LogP contribution in [0.5, 0.6) is 5.75 Å². The summed E-state index contributed by atoms with van der Waals surface area (Å²) in [6.45, 7) is 6.30. The number of benzene rings is 1. The zero-order valence-corrected chi connectivity index (χ0v) is 23.7. The Morgan fingerprint density at radius 3 is 2.38 bits per heavy atom. The summed E-state index contributed by atoms with van der Waals surface area (Å²) in [5, 5.41) is 4.62. The lowest BCUT2D eigenvalue weighted by molar-refractivity contribution is -0.207. The first-order valence-corrected chi connectivity index (χ1v) is 13.5. The van der Waals surface area contributed by atoms with Crippen LogP contribution in [0.25, 0.3) is 11.3 Å². The second-order valence-corrected chi connectivity index (χ2v) is 11.2. The van der Waals surface area contributed by atoms with Crippen molar-refractivity contribution in [3.63, 3.8) is 0 Å². The molecule has 2 aromatic heterocycles. The van der Waals surface area contributed by atoms with Crippen molar-refractivity contribution in [1.82, 2.24) is 19.7 Å². The summed E-state index contributed by atoms with van der Waals surface area (Å²) in [5.41, 5.74) is 0.238. The van der Waals surface area contributed by atoms with Gasteiger partial charge in [-0.15, -0.1) is 0 Å². The number of likely N-dealkylation sites (tertiary alicyclic amines) is 1. The van der Waals surface area contributed by atoms with Gasteiger partial charge in [-0.05, 0) is 63.4 Å². The molecule has 0 saturated carbocycles. The number of hydrogen-bond acceptors (Lipinski definition) is 7. The van der Waals surface area contributed by atoms with Crippen LogP contribution < -0.4 is 9.64 Å². The Morgan fingerprint density at radius 1 is 1.07 bits per heavy atom. The van der Waals surface area contributed by atoms with E-state index >= 15 is 0 Å². The van der Waals surface area contributed by atoms with Crippen molar-refractivity contribution in [2.24, 2.45) is 0 Å². The van der Waals surface area contributed by atoms with E-state index in [0.717, 1.165) is 4.90 Å². The molecular weight excluding hydrogens is 555 g/mol. The van der Waals surface area contributed by atoms with Gasteiger partial charge in [-0.1, -0.05) is 12.1 Å². The quantitative estimate of drug-likeness (QED) is 0.346. The number of fused-ring (bicyclic) bond motifs is 1. The highest BCUT2D eigenvalue weighted by molar-refractivity contribution is 5.91. The van der Waals surface area contributed by atoms with Crippen molar-refractivity contribution >= 4 is 18.0 Å². The fourth-order valence-electron chi connectivity index (χ4n) is 5.08. The first-order chi connectivity index (χ1) is 19.8.